The maximum Gasteiger partial charge on any atom is 0.305 e. The highest BCUT2D eigenvalue weighted by molar-refractivity contribution is 5.69. The molecule has 0 aromatic heterocycles. The summed E-state index contributed by atoms with van der Waals surface area (Å²) in [5.41, 5.74) is 0. The van der Waals surface area contributed by atoms with Gasteiger partial charge in [0.25, 0.3) is 0 Å². The van der Waals surface area contributed by atoms with Crippen molar-refractivity contribution in [3.05, 3.63) is 0 Å². The van der Waals surface area contributed by atoms with E-state index in [1.807, 2.05) is 0 Å². The molecule has 0 amide bonds. The minimum absolute atomic E-state index is 0.146. The number of hydrogen-bond donors (Lipinski definition) is 0. The summed E-state index contributed by atoms with van der Waals surface area (Å²) in [6, 6.07) is 0. The predicted molar refractivity (Wildman–Crippen MR) is 206 cm³/mol. The highest BCUT2D eigenvalue weighted by Crippen LogP contribution is 2.08. The number of esters is 2. The van der Waals surface area contributed by atoms with Crippen molar-refractivity contribution in [3.8, 4) is 0 Å². The van der Waals surface area contributed by atoms with E-state index in [9.17, 15) is 9.59 Å². The van der Waals surface area contributed by atoms with Gasteiger partial charge in [0.2, 0.25) is 0 Å². The molecule has 54 heavy (non-hydrogen) atoms. The van der Waals surface area contributed by atoms with E-state index in [0.717, 1.165) is 25.7 Å². The van der Waals surface area contributed by atoms with Gasteiger partial charge >= 0.3 is 11.9 Å². The molecule has 322 valence electrons. The van der Waals surface area contributed by atoms with Crippen LogP contribution in [0.3, 0.4) is 0 Å². The van der Waals surface area contributed by atoms with E-state index in [-0.39, 0.29) is 25.2 Å². The van der Waals surface area contributed by atoms with Crippen LogP contribution >= 0.6 is 0 Å². The third-order valence-electron chi connectivity index (χ3n) is 7.80. The first kappa shape index (κ1) is 52.5. The second-order valence-electron chi connectivity index (χ2n) is 12.6. The Balaban J connectivity index is 3.13. The van der Waals surface area contributed by atoms with Gasteiger partial charge in [-0.05, 0) is 12.8 Å². The van der Waals surface area contributed by atoms with Crippen LogP contribution in [0.2, 0.25) is 0 Å². The Morgan fingerprint density at radius 3 is 0.667 bits per heavy atom. The average Bonchev–Trinajstić information content (AvgIpc) is 3.17. The number of ether oxygens (including phenoxy) is 12. The number of carbonyl (C=O) groups is 2. The minimum atomic E-state index is -0.146. The molecule has 14 nitrogen and oxygen atoms in total. The van der Waals surface area contributed by atoms with Gasteiger partial charge in [0.15, 0.2) is 0 Å². The number of carbonyl (C=O) groups excluding carboxylic acids is 2. The fraction of sp³-hybridized carbons (Fsp3) is 0.950. The Labute approximate surface area is 327 Å². The molecule has 0 radical (unpaired) electrons. The Morgan fingerprint density at radius 1 is 0.259 bits per heavy atom. The molecule has 0 aromatic rings. The van der Waals surface area contributed by atoms with Gasteiger partial charge in [-0.25, -0.2) is 0 Å². The van der Waals surface area contributed by atoms with Gasteiger partial charge in [0.1, 0.15) is 13.2 Å². The van der Waals surface area contributed by atoms with Gasteiger partial charge in [-0.1, -0.05) is 78.1 Å². The fourth-order valence-corrected chi connectivity index (χ4v) is 4.75. The lowest BCUT2D eigenvalue weighted by atomic mass is 10.1. The summed E-state index contributed by atoms with van der Waals surface area (Å²) in [7, 11) is 0. The molecular formula is C40H78O14. The molecule has 0 unspecified atom stereocenters. The van der Waals surface area contributed by atoms with E-state index in [2.05, 4.69) is 13.8 Å². The quantitative estimate of drug-likeness (QED) is 0.0547. The van der Waals surface area contributed by atoms with Crippen LogP contribution in [0.15, 0.2) is 0 Å². The molecule has 0 bridgehead atoms. The number of unbranched alkanes of at least 4 members (excludes halogenated alkanes) is 10. The lowest BCUT2D eigenvalue weighted by molar-refractivity contribution is -0.146. The van der Waals surface area contributed by atoms with E-state index in [0.29, 0.717) is 145 Å². The lowest BCUT2D eigenvalue weighted by Crippen LogP contribution is -2.16. The van der Waals surface area contributed by atoms with Crippen LogP contribution in [0.25, 0.3) is 0 Å². The second-order valence-corrected chi connectivity index (χ2v) is 12.6. The molecule has 0 aliphatic carbocycles. The van der Waals surface area contributed by atoms with Crippen molar-refractivity contribution in [2.75, 3.05) is 145 Å². The van der Waals surface area contributed by atoms with E-state index in [1.54, 1.807) is 0 Å². The van der Waals surface area contributed by atoms with Gasteiger partial charge in [0, 0.05) is 12.8 Å². The van der Waals surface area contributed by atoms with E-state index in [4.69, 9.17) is 56.8 Å². The maximum atomic E-state index is 11.7. The zero-order chi connectivity index (χ0) is 39.1. The molecule has 0 saturated heterocycles. The molecule has 0 aliphatic rings. The van der Waals surface area contributed by atoms with Gasteiger partial charge in [-0.15, -0.1) is 0 Å². The predicted octanol–water partition coefficient (Wildman–Crippen LogP) is 5.74. The zero-order valence-electron chi connectivity index (χ0n) is 34.2. The summed E-state index contributed by atoms with van der Waals surface area (Å²) in [5, 5.41) is 0. The summed E-state index contributed by atoms with van der Waals surface area (Å²) in [6.07, 6.45) is 14.8. The number of hydrogen-bond acceptors (Lipinski definition) is 14. The highest BCUT2D eigenvalue weighted by atomic mass is 16.6. The smallest absolute Gasteiger partial charge is 0.305 e. The highest BCUT2D eigenvalue weighted by Gasteiger charge is 2.04. The standard InChI is InChI=1S/C40H78O14/c1-3-5-7-9-11-13-15-39(41)53-37-35-51-33-31-49-29-27-47-25-23-45-21-19-43-17-18-44-20-22-46-24-26-48-28-30-50-32-34-52-36-38-54-40(42)16-14-12-10-8-6-4-2/h3-38H2,1-2H3. The van der Waals surface area contributed by atoms with Crippen LogP contribution in [0, 0.1) is 0 Å². The minimum Gasteiger partial charge on any atom is -0.463 e. The third-order valence-corrected chi connectivity index (χ3v) is 7.80. The van der Waals surface area contributed by atoms with Gasteiger partial charge < -0.3 is 56.8 Å². The summed E-state index contributed by atoms with van der Waals surface area (Å²) in [6.45, 7) is 14.4. The Morgan fingerprint density at radius 2 is 0.444 bits per heavy atom. The van der Waals surface area contributed by atoms with Crippen LogP contribution in [0.5, 0.6) is 0 Å². The fourth-order valence-electron chi connectivity index (χ4n) is 4.75. The topological polar surface area (TPSA) is 145 Å². The van der Waals surface area contributed by atoms with Crippen LogP contribution < -0.4 is 0 Å². The van der Waals surface area contributed by atoms with Gasteiger partial charge in [0.05, 0.1) is 132 Å². The second kappa shape index (κ2) is 47.7. The van der Waals surface area contributed by atoms with Gasteiger partial charge in [-0.3, -0.25) is 9.59 Å². The van der Waals surface area contributed by atoms with E-state index in [1.165, 1.54) is 51.4 Å². The summed E-state index contributed by atoms with van der Waals surface area (Å²) in [5.74, 6) is -0.292. The molecule has 0 aromatic carbocycles. The van der Waals surface area contributed by atoms with Crippen molar-refractivity contribution < 1.29 is 66.4 Å². The van der Waals surface area contributed by atoms with Gasteiger partial charge in [-0.2, -0.15) is 0 Å². The summed E-state index contributed by atoms with van der Waals surface area (Å²) in [4.78, 5) is 23.4. The van der Waals surface area contributed by atoms with Crippen molar-refractivity contribution >= 4 is 11.9 Å². The van der Waals surface area contributed by atoms with Crippen LogP contribution in [0.1, 0.15) is 104 Å². The first-order chi connectivity index (χ1) is 26.7. The Bertz CT molecular complexity index is 685. The molecule has 0 fully saturated rings. The van der Waals surface area contributed by atoms with Crippen molar-refractivity contribution in [2.45, 2.75) is 104 Å². The van der Waals surface area contributed by atoms with Crippen LogP contribution in [-0.4, -0.2) is 157 Å². The largest absolute Gasteiger partial charge is 0.463 e. The maximum absolute atomic E-state index is 11.7. The van der Waals surface area contributed by atoms with Crippen LogP contribution in [0.4, 0.5) is 0 Å². The lowest BCUT2D eigenvalue weighted by Gasteiger charge is -2.09. The van der Waals surface area contributed by atoms with Crippen molar-refractivity contribution in [1.29, 1.82) is 0 Å². The van der Waals surface area contributed by atoms with E-state index < -0.39 is 0 Å². The third kappa shape index (κ3) is 46.7. The molecule has 0 aliphatic heterocycles. The average molecular weight is 783 g/mol. The molecule has 0 heterocycles. The molecule has 0 atom stereocenters. The zero-order valence-corrected chi connectivity index (χ0v) is 34.2. The van der Waals surface area contributed by atoms with E-state index >= 15 is 0 Å². The van der Waals surface area contributed by atoms with Crippen molar-refractivity contribution in [2.24, 2.45) is 0 Å². The van der Waals surface area contributed by atoms with Crippen molar-refractivity contribution in [1.82, 2.24) is 0 Å². The van der Waals surface area contributed by atoms with Crippen LogP contribution in [-0.2, 0) is 66.4 Å². The monoisotopic (exact) mass is 783 g/mol. The molecule has 0 rings (SSSR count). The summed E-state index contributed by atoms with van der Waals surface area (Å²) >= 11 is 0. The SMILES string of the molecule is CCCCCCCCC(=O)OCCOCCOCCOCCOCCOCCOCCOCCOCCOCCOCCOC(=O)CCCCCCCC. The molecule has 14 heteroatoms. The molecule has 0 spiro atoms. The normalized spacial score (nSPS) is 11.4. The summed E-state index contributed by atoms with van der Waals surface area (Å²) < 4.78 is 65.1. The Hall–Kier alpha value is -1.46. The number of rotatable bonds is 47. The first-order valence-corrected chi connectivity index (χ1v) is 20.8. The Kier molecular flexibility index (Phi) is 46.4. The molecule has 0 N–H and O–H groups in total. The molecular weight excluding hydrogens is 704 g/mol. The first-order valence-electron chi connectivity index (χ1n) is 20.8. The molecule has 0 saturated carbocycles. The van der Waals surface area contributed by atoms with Crippen molar-refractivity contribution in [3.63, 3.8) is 0 Å².